The summed E-state index contributed by atoms with van der Waals surface area (Å²) in [5.74, 6) is 1.16. The standard InChI is InChI=1S/C18H22N4O2/c1-14(24-16-8-4-2-5-9-16)17(23)21-15-12-19-18(20-13-15)22-10-6-3-7-11-22/h2,4-5,8-9,12-14H,3,6-7,10-11H2,1H3,(H,21,23). The van der Waals surface area contributed by atoms with Crippen LogP contribution in [-0.4, -0.2) is 35.1 Å². The lowest BCUT2D eigenvalue weighted by atomic mass is 10.1. The van der Waals surface area contributed by atoms with E-state index in [9.17, 15) is 4.79 Å². The normalized spacial score (nSPS) is 15.6. The fourth-order valence-electron chi connectivity index (χ4n) is 2.64. The van der Waals surface area contributed by atoms with Crippen LogP contribution >= 0.6 is 0 Å². The average molecular weight is 326 g/mol. The Morgan fingerprint density at radius 2 is 1.79 bits per heavy atom. The maximum absolute atomic E-state index is 12.2. The molecule has 0 radical (unpaired) electrons. The molecule has 1 atom stereocenters. The van der Waals surface area contributed by atoms with Crippen molar-refractivity contribution in [2.45, 2.75) is 32.3 Å². The largest absolute Gasteiger partial charge is 0.481 e. The number of benzene rings is 1. The minimum absolute atomic E-state index is 0.229. The number of nitrogens with one attached hydrogen (secondary N) is 1. The first-order valence-electron chi connectivity index (χ1n) is 8.32. The van der Waals surface area contributed by atoms with Gasteiger partial charge in [-0.1, -0.05) is 18.2 Å². The number of hydrogen-bond acceptors (Lipinski definition) is 5. The Bertz CT molecular complexity index is 654. The maximum atomic E-state index is 12.2. The van der Waals surface area contributed by atoms with E-state index in [1.807, 2.05) is 30.3 Å². The summed E-state index contributed by atoms with van der Waals surface area (Å²) in [6.45, 7) is 3.70. The fourth-order valence-corrected chi connectivity index (χ4v) is 2.64. The molecule has 1 amide bonds. The number of hydrogen-bond donors (Lipinski definition) is 1. The Morgan fingerprint density at radius 1 is 1.12 bits per heavy atom. The van der Waals surface area contributed by atoms with E-state index in [-0.39, 0.29) is 5.91 Å². The minimum atomic E-state index is -0.603. The molecular formula is C18H22N4O2. The molecule has 1 N–H and O–H groups in total. The van der Waals surface area contributed by atoms with E-state index in [1.54, 1.807) is 19.3 Å². The molecule has 0 saturated carbocycles. The Morgan fingerprint density at radius 3 is 2.46 bits per heavy atom. The zero-order valence-corrected chi connectivity index (χ0v) is 13.8. The number of piperidine rings is 1. The number of nitrogens with zero attached hydrogens (tertiary/aromatic N) is 3. The SMILES string of the molecule is CC(Oc1ccccc1)C(=O)Nc1cnc(N2CCCCC2)nc1. The molecule has 24 heavy (non-hydrogen) atoms. The van der Waals surface area contributed by atoms with Crippen molar-refractivity contribution < 1.29 is 9.53 Å². The van der Waals surface area contributed by atoms with Crippen LogP contribution in [0.2, 0.25) is 0 Å². The van der Waals surface area contributed by atoms with E-state index in [0.717, 1.165) is 19.0 Å². The number of carbonyl (C=O) groups excluding carboxylic acids is 1. The number of anilines is 2. The second-order valence-corrected chi connectivity index (χ2v) is 5.88. The zero-order valence-electron chi connectivity index (χ0n) is 13.8. The number of aromatic nitrogens is 2. The topological polar surface area (TPSA) is 67.3 Å². The molecule has 3 rings (SSSR count). The average Bonchev–Trinajstić information content (AvgIpc) is 2.64. The van der Waals surface area contributed by atoms with Gasteiger partial charge in [0.05, 0.1) is 18.1 Å². The predicted octanol–water partition coefficient (Wildman–Crippen LogP) is 2.87. The van der Waals surface area contributed by atoms with Gasteiger partial charge in [-0.05, 0) is 38.3 Å². The lowest BCUT2D eigenvalue weighted by Gasteiger charge is -2.26. The molecule has 6 nitrogen and oxygen atoms in total. The van der Waals surface area contributed by atoms with Gasteiger partial charge in [0.15, 0.2) is 6.10 Å². The molecule has 0 spiro atoms. The van der Waals surface area contributed by atoms with Gasteiger partial charge in [-0.15, -0.1) is 0 Å². The smallest absolute Gasteiger partial charge is 0.265 e. The molecule has 2 heterocycles. The van der Waals surface area contributed by atoms with E-state index in [2.05, 4.69) is 20.2 Å². The third-order valence-corrected chi connectivity index (χ3v) is 3.97. The summed E-state index contributed by atoms with van der Waals surface area (Å²) in [6, 6.07) is 9.28. The monoisotopic (exact) mass is 326 g/mol. The molecule has 1 aliphatic rings. The van der Waals surface area contributed by atoms with Crippen LogP contribution < -0.4 is 15.0 Å². The van der Waals surface area contributed by atoms with E-state index < -0.39 is 6.10 Å². The van der Waals surface area contributed by atoms with Gasteiger partial charge in [0.25, 0.3) is 5.91 Å². The summed E-state index contributed by atoms with van der Waals surface area (Å²) in [5.41, 5.74) is 0.573. The first-order chi connectivity index (χ1) is 11.7. The molecule has 1 aromatic heterocycles. The van der Waals surface area contributed by atoms with Crippen LogP contribution in [-0.2, 0) is 4.79 Å². The van der Waals surface area contributed by atoms with Gasteiger partial charge in [0.2, 0.25) is 5.95 Å². The summed E-state index contributed by atoms with van der Waals surface area (Å²) in [6.07, 6.45) is 6.30. The van der Waals surface area contributed by atoms with Gasteiger partial charge < -0.3 is 15.0 Å². The molecule has 0 aliphatic carbocycles. The van der Waals surface area contributed by atoms with E-state index in [1.165, 1.54) is 19.3 Å². The van der Waals surface area contributed by atoms with Crippen LogP contribution in [0.1, 0.15) is 26.2 Å². The Hall–Kier alpha value is -2.63. The van der Waals surface area contributed by atoms with Crippen LogP contribution in [0, 0.1) is 0 Å². The summed E-state index contributed by atoms with van der Waals surface area (Å²) in [7, 11) is 0. The van der Waals surface area contributed by atoms with Crippen molar-refractivity contribution in [1.29, 1.82) is 0 Å². The van der Waals surface area contributed by atoms with E-state index >= 15 is 0 Å². The molecule has 1 fully saturated rings. The molecule has 0 bridgehead atoms. The molecule has 1 saturated heterocycles. The number of carbonyl (C=O) groups is 1. The Labute approximate surface area is 141 Å². The van der Waals surface area contributed by atoms with Crippen molar-refractivity contribution in [3.8, 4) is 5.75 Å². The summed E-state index contributed by atoms with van der Waals surface area (Å²) < 4.78 is 5.61. The predicted molar refractivity (Wildman–Crippen MR) is 93.3 cm³/mol. The molecule has 2 aromatic rings. The van der Waals surface area contributed by atoms with Crippen molar-refractivity contribution in [1.82, 2.24) is 9.97 Å². The van der Waals surface area contributed by atoms with Gasteiger partial charge >= 0.3 is 0 Å². The van der Waals surface area contributed by atoms with Gasteiger partial charge in [-0.25, -0.2) is 9.97 Å². The van der Waals surface area contributed by atoms with Crippen LogP contribution in [0.4, 0.5) is 11.6 Å². The molecule has 1 aliphatic heterocycles. The second kappa shape index (κ2) is 7.77. The second-order valence-electron chi connectivity index (χ2n) is 5.88. The third kappa shape index (κ3) is 4.22. The van der Waals surface area contributed by atoms with Crippen LogP contribution in [0.3, 0.4) is 0 Å². The number of rotatable bonds is 5. The van der Waals surface area contributed by atoms with E-state index in [0.29, 0.717) is 11.4 Å². The highest BCUT2D eigenvalue weighted by molar-refractivity contribution is 5.93. The molecule has 1 aromatic carbocycles. The summed E-state index contributed by atoms with van der Waals surface area (Å²) >= 11 is 0. The van der Waals surface area contributed by atoms with Gasteiger partial charge in [-0.2, -0.15) is 0 Å². The lowest BCUT2D eigenvalue weighted by Crippen LogP contribution is -2.31. The van der Waals surface area contributed by atoms with Gasteiger partial charge in [-0.3, -0.25) is 4.79 Å². The Balaban J connectivity index is 1.55. The zero-order chi connectivity index (χ0) is 16.8. The molecule has 126 valence electrons. The summed E-state index contributed by atoms with van der Waals surface area (Å²) in [4.78, 5) is 23.1. The first-order valence-corrected chi connectivity index (χ1v) is 8.32. The molecule has 1 unspecified atom stereocenters. The maximum Gasteiger partial charge on any atom is 0.265 e. The fraction of sp³-hybridized carbons (Fsp3) is 0.389. The van der Waals surface area contributed by atoms with Gasteiger partial charge in [0, 0.05) is 13.1 Å². The molecular weight excluding hydrogens is 304 g/mol. The number of amides is 1. The number of para-hydroxylation sites is 1. The number of ether oxygens (including phenoxy) is 1. The first kappa shape index (κ1) is 16.2. The lowest BCUT2D eigenvalue weighted by molar-refractivity contribution is -0.122. The van der Waals surface area contributed by atoms with Crippen LogP contribution in [0.15, 0.2) is 42.7 Å². The van der Waals surface area contributed by atoms with E-state index in [4.69, 9.17) is 4.74 Å². The van der Waals surface area contributed by atoms with Crippen molar-refractivity contribution in [3.05, 3.63) is 42.7 Å². The summed E-state index contributed by atoms with van der Waals surface area (Å²) in [5, 5.41) is 2.78. The van der Waals surface area contributed by atoms with Gasteiger partial charge in [0.1, 0.15) is 5.75 Å². The quantitative estimate of drug-likeness (QED) is 0.915. The van der Waals surface area contributed by atoms with Crippen molar-refractivity contribution in [2.24, 2.45) is 0 Å². The van der Waals surface area contributed by atoms with Crippen molar-refractivity contribution in [2.75, 3.05) is 23.3 Å². The van der Waals surface area contributed by atoms with Crippen molar-refractivity contribution in [3.63, 3.8) is 0 Å². The third-order valence-electron chi connectivity index (χ3n) is 3.97. The van der Waals surface area contributed by atoms with Crippen molar-refractivity contribution >= 4 is 17.5 Å². The van der Waals surface area contributed by atoms with Crippen LogP contribution in [0.25, 0.3) is 0 Å². The molecule has 6 heteroatoms. The van der Waals surface area contributed by atoms with Crippen LogP contribution in [0.5, 0.6) is 5.75 Å². The highest BCUT2D eigenvalue weighted by Crippen LogP contribution is 2.17. The Kier molecular flexibility index (Phi) is 5.25. The minimum Gasteiger partial charge on any atom is -0.481 e. The highest BCUT2D eigenvalue weighted by atomic mass is 16.5. The highest BCUT2D eigenvalue weighted by Gasteiger charge is 2.16.